The lowest BCUT2D eigenvalue weighted by Gasteiger charge is -2.11. The highest BCUT2D eigenvalue weighted by molar-refractivity contribution is 5.81. The SMILES string of the molecule is N=[N+](C(CC(=O)O)C(=O)O)C(CC(=O)O)C(=O)O. The summed E-state index contributed by atoms with van der Waals surface area (Å²) in [5, 5.41) is 34.3. The average Bonchev–Trinajstić information content (AvgIpc) is 2.20. The van der Waals surface area contributed by atoms with Gasteiger partial charge in [0.25, 0.3) is 12.1 Å². The first-order valence-corrected chi connectivity index (χ1v) is 4.55. The molecular formula is C8H11N2O8+. The van der Waals surface area contributed by atoms with Gasteiger partial charge in [-0.1, -0.05) is 5.53 Å². The van der Waals surface area contributed by atoms with Crippen molar-refractivity contribution < 1.29 is 44.3 Å². The summed E-state index contributed by atoms with van der Waals surface area (Å²) >= 11 is 0. The fourth-order valence-electron chi connectivity index (χ4n) is 1.16. The topological polar surface area (TPSA) is 176 Å². The summed E-state index contributed by atoms with van der Waals surface area (Å²) in [5.41, 5.74) is 7.28. The van der Waals surface area contributed by atoms with Crippen molar-refractivity contribution in [3.63, 3.8) is 0 Å². The molecule has 10 nitrogen and oxygen atoms in total. The van der Waals surface area contributed by atoms with E-state index in [1.807, 2.05) is 0 Å². The van der Waals surface area contributed by atoms with Gasteiger partial charge in [0, 0.05) is 0 Å². The summed E-state index contributed by atoms with van der Waals surface area (Å²) in [6, 6.07) is -3.88. The largest absolute Gasteiger partial charge is 0.481 e. The lowest BCUT2D eigenvalue weighted by atomic mass is 10.1. The van der Waals surface area contributed by atoms with Crippen molar-refractivity contribution in [1.29, 1.82) is 5.53 Å². The van der Waals surface area contributed by atoms with Crippen molar-refractivity contribution in [3.8, 4) is 0 Å². The molecule has 0 aliphatic heterocycles. The normalized spacial score (nSPS) is 13.3. The van der Waals surface area contributed by atoms with Gasteiger partial charge >= 0.3 is 23.9 Å². The molecule has 0 radical (unpaired) electrons. The number of aliphatic carboxylic acids is 4. The maximum atomic E-state index is 10.7. The van der Waals surface area contributed by atoms with Gasteiger partial charge in [-0.15, -0.1) is 4.70 Å². The number of carbonyl (C=O) groups is 4. The summed E-state index contributed by atoms with van der Waals surface area (Å²) in [6.07, 6.45) is -2.02. The van der Waals surface area contributed by atoms with Crippen LogP contribution in [0.5, 0.6) is 0 Å². The van der Waals surface area contributed by atoms with Gasteiger partial charge < -0.3 is 20.4 Å². The van der Waals surface area contributed by atoms with E-state index in [0.717, 1.165) is 0 Å². The predicted octanol–water partition coefficient (Wildman–Crippen LogP) is -1.11. The smallest absolute Gasteiger partial charge is 0.376 e. The number of hydrogen-bond acceptors (Lipinski definition) is 5. The van der Waals surface area contributed by atoms with E-state index in [1.54, 1.807) is 0 Å². The molecule has 0 saturated heterocycles. The van der Waals surface area contributed by atoms with Gasteiger partial charge in [0.2, 0.25) is 0 Å². The van der Waals surface area contributed by atoms with Gasteiger partial charge in [-0.25, -0.2) is 9.59 Å². The zero-order chi connectivity index (χ0) is 14.5. The third kappa shape index (κ3) is 4.55. The minimum absolute atomic E-state index is 0.0348. The molecule has 0 spiro atoms. The summed E-state index contributed by atoms with van der Waals surface area (Å²) < 4.78 is -0.0348. The Bertz CT molecular complexity index is 368. The minimum atomic E-state index is -1.94. The minimum Gasteiger partial charge on any atom is -0.481 e. The molecule has 0 aliphatic carbocycles. The second-order valence-electron chi connectivity index (χ2n) is 3.31. The number of carboxylic acid groups (broad SMARTS) is 4. The van der Waals surface area contributed by atoms with E-state index in [1.165, 1.54) is 0 Å². The van der Waals surface area contributed by atoms with Crippen molar-refractivity contribution in [3.05, 3.63) is 0 Å². The van der Waals surface area contributed by atoms with E-state index in [9.17, 15) is 19.2 Å². The van der Waals surface area contributed by atoms with Crippen LogP contribution in [0.4, 0.5) is 0 Å². The van der Waals surface area contributed by atoms with Gasteiger partial charge in [-0.2, -0.15) is 0 Å². The third-order valence-electron chi connectivity index (χ3n) is 1.98. The molecule has 0 rings (SSSR count). The number of rotatable bonds is 8. The van der Waals surface area contributed by atoms with Crippen molar-refractivity contribution in [2.45, 2.75) is 24.9 Å². The molecular weight excluding hydrogens is 252 g/mol. The van der Waals surface area contributed by atoms with Gasteiger partial charge in [0.05, 0.1) is 0 Å². The molecule has 2 unspecified atom stereocenters. The predicted molar refractivity (Wildman–Crippen MR) is 50.3 cm³/mol. The highest BCUT2D eigenvalue weighted by Crippen LogP contribution is 2.08. The van der Waals surface area contributed by atoms with E-state index in [2.05, 4.69) is 0 Å². The monoisotopic (exact) mass is 263 g/mol. The zero-order valence-corrected chi connectivity index (χ0v) is 8.94. The molecule has 10 heteroatoms. The Morgan fingerprint density at radius 1 is 0.833 bits per heavy atom. The van der Waals surface area contributed by atoms with Crippen LogP contribution >= 0.6 is 0 Å². The summed E-state index contributed by atoms with van der Waals surface area (Å²) in [6.45, 7) is 0. The van der Waals surface area contributed by atoms with E-state index in [4.69, 9.17) is 26.0 Å². The molecule has 0 bridgehead atoms. The second kappa shape index (κ2) is 6.27. The maximum Gasteiger partial charge on any atom is 0.376 e. The van der Waals surface area contributed by atoms with Crippen LogP contribution in [0.15, 0.2) is 0 Å². The van der Waals surface area contributed by atoms with Crippen molar-refractivity contribution >= 4 is 23.9 Å². The molecule has 18 heavy (non-hydrogen) atoms. The Labute approximate surface area is 99.6 Å². The van der Waals surface area contributed by atoms with Crippen LogP contribution in [0.1, 0.15) is 12.8 Å². The van der Waals surface area contributed by atoms with Crippen LogP contribution in [-0.2, 0) is 19.2 Å². The van der Waals surface area contributed by atoms with Gasteiger partial charge in [-0.05, 0) is 0 Å². The molecule has 0 aliphatic rings. The fourth-order valence-corrected chi connectivity index (χ4v) is 1.16. The average molecular weight is 263 g/mol. The van der Waals surface area contributed by atoms with E-state index in [-0.39, 0.29) is 4.70 Å². The van der Waals surface area contributed by atoms with Gasteiger partial charge in [-0.3, -0.25) is 9.59 Å². The zero-order valence-electron chi connectivity index (χ0n) is 8.94. The number of nitrogens with one attached hydrogen (secondary N) is 1. The summed E-state index contributed by atoms with van der Waals surface area (Å²) in [5.74, 6) is -6.52. The number of hydrogen-bond donors (Lipinski definition) is 5. The van der Waals surface area contributed by atoms with Crippen molar-refractivity contribution in [2.24, 2.45) is 0 Å². The molecule has 0 heterocycles. The second-order valence-corrected chi connectivity index (χ2v) is 3.31. The van der Waals surface area contributed by atoms with Crippen LogP contribution < -0.4 is 0 Å². The number of carboxylic acids is 4. The van der Waals surface area contributed by atoms with Gasteiger partial charge in [0.1, 0.15) is 12.8 Å². The Kier molecular flexibility index (Phi) is 5.39. The Hall–Kier alpha value is -2.52. The van der Waals surface area contributed by atoms with E-state index < -0.39 is 48.8 Å². The van der Waals surface area contributed by atoms with Crippen LogP contribution in [0.2, 0.25) is 0 Å². The third-order valence-corrected chi connectivity index (χ3v) is 1.98. The fraction of sp³-hybridized carbons (Fsp3) is 0.500. The lowest BCUT2D eigenvalue weighted by molar-refractivity contribution is -0.657. The van der Waals surface area contributed by atoms with Crippen LogP contribution in [0.25, 0.3) is 0 Å². The first-order chi connectivity index (χ1) is 8.16. The standard InChI is InChI=1S/C8H10N2O8/c9-10(3(7(15)16)1-5(11)12)4(8(17)18)2-6(13)14/h3-4,9H,1-2H2,(H3-,11,12,13,14,15,16,17,18)/p+1. The molecule has 2 atom stereocenters. The van der Waals surface area contributed by atoms with Crippen LogP contribution in [0.3, 0.4) is 0 Å². The first-order valence-electron chi connectivity index (χ1n) is 4.55. The Morgan fingerprint density at radius 2 is 1.11 bits per heavy atom. The molecule has 100 valence electrons. The Morgan fingerprint density at radius 3 is 1.28 bits per heavy atom. The highest BCUT2D eigenvalue weighted by Gasteiger charge is 2.42. The molecule has 0 aromatic rings. The van der Waals surface area contributed by atoms with Crippen LogP contribution in [-0.4, -0.2) is 61.1 Å². The van der Waals surface area contributed by atoms with Crippen molar-refractivity contribution in [1.82, 2.24) is 0 Å². The lowest BCUT2D eigenvalue weighted by Crippen LogP contribution is -2.45. The number of nitrogens with zero attached hydrogens (tertiary/aromatic N) is 1. The molecule has 0 saturated carbocycles. The summed E-state index contributed by atoms with van der Waals surface area (Å²) in [7, 11) is 0. The van der Waals surface area contributed by atoms with Crippen LogP contribution in [0, 0.1) is 5.53 Å². The molecule has 0 fully saturated rings. The van der Waals surface area contributed by atoms with E-state index >= 15 is 0 Å². The molecule has 0 aromatic heterocycles. The first kappa shape index (κ1) is 15.5. The Balaban J connectivity index is 5.12. The molecule has 0 amide bonds. The highest BCUT2D eigenvalue weighted by atomic mass is 16.4. The van der Waals surface area contributed by atoms with E-state index in [0.29, 0.717) is 0 Å². The maximum absolute atomic E-state index is 10.7. The van der Waals surface area contributed by atoms with Crippen molar-refractivity contribution in [2.75, 3.05) is 0 Å². The quantitative estimate of drug-likeness (QED) is 0.270. The summed E-state index contributed by atoms with van der Waals surface area (Å²) in [4.78, 5) is 42.2. The van der Waals surface area contributed by atoms with Gasteiger partial charge in [0.15, 0.2) is 0 Å². The molecule has 0 aromatic carbocycles. The molecule has 5 N–H and O–H groups in total.